The van der Waals surface area contributed by atoms with E-state index in [9.17, 15) is 9.59 Å². The zero-order valence-corrected chi connectivity index (χ0v) is 30.8. The molecule has 6 rings (SSSR count). The van der Waals surface area contributed by atoms with Gasteiger partial charge in [0.05, 0.1) is 33.1 Å². The van der Waals surface area contributed by atoms with Crippen molar-refractivity contribution in [3.8, 4) is 5.75 Å². The highest BCUT2D eigenvalue weighted by molar-refractivity contribution is 6.74. The predicted molar refractivity (Wildman–Crippen MR) is 195 cm³/mol. The smallest absolute Gasteiger partial charge is 0.308 e. The van der Waals surface area contributed by atoms with E-state index >= 15 is 4.39 Å². The zero-order valence-electron chi connectivity index (χ0n) is 29.8. The van der Waals surface area contributed by atoms with Crippen molar-refractivity contribution in [3.05, 3.63) is 118 Å². The summed E-state index contributed by atoms with van der Waals surface area (Å²) in [5.41, 5.74) is 1.11. The molecule has 0 spiro atoms. The number of anilines is 1. The maximum atomic E-state index is 16.7. The Morgan fingerprint density at radius 2 is 1.55 bits per heavy atom. The predicted octanol–water partition coefficient (Wildman–Crippen LogP) is 6.72. The van der Waals surface area contributed by atoms with Crippen LogP contribution in [0.4, 0.5) is 10.3 Å². The van der Waals surface area contributed by atoms with Crippen LogP contribution in [0.1, 0.15) is 50.1 Å². The van der Waals surface area contributed by atoms with E-state index in [0.717, 1.165) is 16.7 Å². The van der Waals surface area contributed by atoms with Crippen LogP contribution in [0, 0.1) is 0 Å². The summed E-state index contributed by atoms with van der Waals surface area (Å²) in [6.07, 6.45) is -3.87. The summed E-state index contributed by atoms with van der Waals surface area (Å²) >= 11 is 0. The minimum absolute atomic E-state index is 0.00380. The highest BCUT2D eigenvalue weighted by Gasteiger charge is 2.52. The molecule has 3 heterocycles. The first kappa shape index (κ1) is 36.0. The molecule has 0 unspecified atom stereocenters. The van der Waals surface area contributed by atoms with Gasteiger partial charge in [-0.3, -0.25) is 19.1 Å². The number of esters is 1. The van der Waals surface area contributed by atoms with E-state index in [1.165, 1.54) is 18.0 Å². The Hall–Kier alpha value is -4.85. The fourth-order valence-electron chi connectivity index (χ4n) is 6.27. The van der Waals surface area contributed by atoms with Crippen molar-refractivity contribution in [3.63, 3.8) is 0 Å². The molecule has 1 aliphatic rings. The molecular formula is C38H44FN5O6Si. The molecule has 0 amide bonds. The van der Waals surface area contributed by atoms with Crippen molar-refractivity contribution in [2.75, 3.05) is 19.5 Å². The quantitative estimate of drug-likeness (QED) is 0.0871. The maximum Gasteiger partial charge on any atom is 0.308 e. The Labute approximate surface area is 297 Å². The molecule has 2 N–H and O–H groups in total. The number of aromatic nitrogens is 4. The number of carbonyl (C=O) groups excluding carboxylic acids is 1. The van der Waals surface area contributed by atoms with Crippen molar-refractivity contribution >= 4 is 31.4 Å². The van der Waals surface area contributed by atoms with Crippen LogP contribution in [0.25, 0.3) is 11.2 Å². The molecular weight excluding hydrogens is 670 g/mol. The topological polar surface area (TPSA) is 130 Å². The standard InChI is InChI=1S/C38H44FN5O6Si/c1-37(2,3)51(6,7)50-32-28(22-29(45)48-5)49-35(30(32)39)44-23-40-31-33(44)41-36(42-34(31)46)43-38(24-14-10-8-11-15-24,25-16-12-9-13-17-25)26-18-20-27(47-4)21-19-26/h8-21,23,28,30,32,35H,22H2,1-7H3,(H2,41,42,43,46)/t28-,30+,32-,35-/m1/s1. The monoisotopic (exact) mass is 713 g/mol. The van der Waals surface area contributed by atoms with E-state index in [4.69, 9.17) is 23.6 Å². The van der Waals surface area contributed by atoms with Crippen LogP contribution in [-0.2, 0) is 24.2 Å². The first-order valence-electron chi connectivity index (χ1n) is 16.8. The van der Waals surface area contributed by atoms with Crippen LogP contribution in [0.3, 0.4) is 0 Å². The second-order valence-electron chi connectivity index (χ2n) is 14.2. The zero-order chi connectivity index (χ0) is 36.6. The number of hydrogen-bond acceptors (Lipinski definition) is 9. The maximum absolute atomic E-state index is 16.7. The number of fused-ring (bicyclic) bond motifs is 1. The van der Waals surface area contributed by atoms with Crippen LogP contribution >= 0.6 is 0 Å². The van der Waals surface area contributed by atoms with E-state index in [1.807, 2.05) is 98.0 Å². The van der Waals surface area contributed by atoms with Gasteiger partial charge in [0.2, 0.25) is 5.95 Å². The fraction of sp³-hybridized carbons (Fsp3) is 0.368. The first-order valence-corrected chi connectivity index (χ1v) is 19.7. The van der Waals surface area contributed by atoms with Crippen LogP contribution in [-0.4, -0.2) is 66.4 Å². The molecule has 1 saturated heterocycles. The molecule has 0 radical (unpaired) electrons. The van der Waals surface area contributed by atoms with Gasteiger partial charge in [-0.25, -0.2) is 9.37 Å². The highest BCUT2D eigenvalue weighted by Crippen LogP contribution is 2.44. The van der Waals surface area contributed by atoms with Crippen LogP contribution in [0.15, 0.2) is 96.1 Å². The van der Waals surface area contributed by atoms with Gasteiger partial charge in [0.15, 0.2) is 31.9 Å². The summed E-state index contributed by atoms with van der Waals surface area (Å²) in [6, 6.07) is 27.3. The molecule has 11 nitrogen and oxygen atoms in total. The van der Waals surface area contributed by atoms with E-state index < -0.39 is 50.0 Å². The number of methoxy groups -OCH3 is 2. The number of benzene rings is 3. The Kier molecular flexibility index (Phi) is 9.90. The number of H-pyrrole nitrogens is 1. The fourth-order valence-corrected chi connectivity index (χ4v) is 7.59. The van der Waals surface area contributed by atoms with Crippen molar-refractivity contribution in [2.45, 2.75) is 75.5 Å². The molecule has 268 valence electrons. The van der Waals surface area contributed by atoms with Crippen molar-refractivity contribution in [2.24, 2.45) is 0 Å². The molecule has 0 bridgehead atoms. The minimum Gasteiger partial charge on any atom is -0.497 e. The lowest BCUT2D eigenvalue weighted by Gasteiger charge is -2.39. The first-order chi connectivity index (χ1) is 24.3. The Morgan fingerprint density at radius 1 is 0.961 bits per heavy atom. The summed E-state index contributed by atoms with van der Waals surface area (Å²) in [6.45, 7) is 10.2. The molecule has 2 aromatic heterocycles. The number of imidazole rings is 1. The summed E-state index contributed by atoms with van der Waals surface area (Å²) in [5, 5.41) is 3.34. The number of carbonyl (C=O) groups is 1. The second kappa shape index (κ2) is 14.0. The Bertz CT molecular complexity index is 1990. The molecule has 5 aromatic rings. The Balaban J connectivity index is 1.47. The number of rotatable bonds is 11. The number of halogens is 1. The number of nitrogens with zero attached hydrogens (tertiary/aromatic N) is 3. The third-order valence-corrected chi connectivity index (χ3v) is 14.5. The summed E-state index contributed by atoms with van der Waals surface area (Å²) < 4.78 is 41.2. The molecule has 3 aromatic carbocycles. The average molecular weight is 714 g/mol. The summed E-state index contributed by atoms with van der Waals surface area (Å²) in [5.74, 6) is 0.251. The normalized spacial score (nSPS) is 19.6. The molecule has 13 heteroatoms. The van der Waals surface area contributed by atoms with E-state index in [-0.39, 0.29) is 28.6 Å². The largest absolute Gasteiger partial charge is 0.497 e. The number of hydrogen-bond donors (Lipinski definition) is 2. The van der Waals surface area contributed by atoms with Gasteiger partial charge in [0.1, 0.15) is 17.4 Å². The molecule has 0 aliphatic carbocycles. The summed E-state index contributed by atoms with van der Waals surface area (Å²) in [4.78, 5) is 38.1. The van der Waals surface area contributed by atoms with E-state index in [0.29, 0.717) is 5.75 Å². The third-order valence-electron chi connectivity index (χ3n) is 10.0. The lowest BCUT2D eigenvalue weighted by atomic mass is 9.77. The molecule has 0 saturated carbocycles. The number of ether oxygens (including phenoxy) is 3. The number of nitrogens with one attached hydrogen (secondary N) is 2. The van der Waals surface area contributed by atoms with Gasteiger partial charge in [-0.1, -0.05) is 93.6 Å². The van der Waals surface area contributed by atoms with E-state index in [1.54, 1.807) is 7.11 Å². The van der Waals surface area contributed by atoms with Gasteiger partial charge >= 0.3 is 5.97 Å². The number of alkyl halides is 1. The second-order valence-corrected chi connectivity index (χ2v) is 19.0. The van der Waals surface area contributed by atoms with Gasteiger partial charge in [-0.15, -0.1) is 0 Å². The third kappa shape index (κ3) is 6.80. The van der Waals surface area contributed by atoms with Crippen LogP contribution in [0.5, 0.6) is 5.75 Å². The van der Waals surface area contributed by atoms with Crippen molar-refractivity contribution in [1.82, 2.24) is 19.5 Å². The van der Waals surface area contributed by atoms with Gasteiger partial charge in [0.25, 0.3) is 5.56 Å². The highest BCUT2D eigenvalue weighted by atomic mass is 28.4. The lowest BCUT2D eigenvalue weighted by molar-refractivity contribution is -0.145. The SMILES string of the molecule is COC(=O)C[C@H]1O[C@@H](n2cnc3c(=O)[nH]c(NC(c4ccccc4)(c4ccccc4)c4ccc(OC)cc4)nc32)[C@@H](F)[C@@H]1O[Si](C)(C)C(C)(C)C. The number of aromatic amines is 1. The van der Waals surface area contributed by atoms with Crippen LogP contribution in [0.2, 0.25) is 18.1 Å². The lowest BCUT2D eigenvalue weighted by Crippen LogP contribution is -2.48. The molecule has 51 heavy (non-hydrogen) atoms. The van der Waals surface area contributed by atoms with Gasteiger partial charge in [0, 0.05) is 0 Å². The molecule has 4 atom stereocenters. The minimum atomic E-state index is -2.52. The Morgan fingerprint density at radius 3 is 2.10 bits per heavy atom. The van der Waals surface area contributed by atoms with Gasteiger partial charge in [-0.05, 0) is 47.0 Å². The van der Waals surface area contributed by atoms with Crippen molar-refractivity contribution in [1.29, 1.82) is 0 Å². The van der Waals surface area contributed by atoms with E-state index in [2.05, 4.69) is 36.1 Å². The van der Waals surface area contributed by atoms with Gasteiger partial charge < -0.3 is 24.0 Å². The molecule has 1 aliphatic heterocycles. The average Bonchev–Trinajstić information content (AvgIpc) is 3.67. The van der Waals surface area contributed by atoms with Crippen molar-refractivity contribution < 1.29 is 27.8 Å². The van der Waals surface area contributed by atoms with Crippen LogP contribution < -0.4 is 15.6 Å². The van der Waals surface area contributed by atoms with Gasteiger partial charge in [-0.2, -0.15) is 4.98 Å². The molecule has 1 fully saturated rings. The summed E-state index contributed by atoms with van der Waals surface area (Å²) in [7, 11) is 0.367.